The van der Waals surface area contributed by atoms with Crippen LogP contribution in [0.3, 0.4) is 0 Å². The van der Waals surface area contributed by atoms with Crippen molar-refractivity contribution in [1.82, 2.24) is 31.1 Å². The van der Waals surface area contributed by atoms with Gasteiger partial charge in [-0.1, -0.05) is 0 Å². The third-order valence-corrected chi connectivity index (χ3v) is 2.48. The van der Waals surface area contributed by atoms with Gasteiger partial charge in [-0.2, -0.15) is 0 Å². The van der Waals surface area contributed by atoms with E-state index in [-0.39, 0.29) is 16.5 Å². The van der Waals surface area contributed by atoms with Crippen LogP contribution in [0.2, 0.25) is 0 Å². The molecule has 1 fully saturated rings. The normalized spacial score (nSPS) is 23.6. The van der Waals surface area contributed by atoms with Crippen molar-refractivity contribution in [2.75, 3.05) is 66.9 Å². The Bertz CT molecular complexity index is 137. The van der Waals surface area contributed by atoms with Gasteiger partial charge in [0, 0.05) is 52.9 Å². The zero-order valence-corrected chi connectivity index (χ0v) is 11.9. The minimum atomic E-state index is 0. The van der Waals surface area contributed by atoms with Crippen LogP contribution in [-0.2, 0) is 16.5 Å². The summed E-state index contributed by atoms with van der Waals surface area (Å²) >= 11 is 0. The Morgan fingerprint density at radius 3 is 1.06 bits per heavy atom. The van der Waals surface area contributed by atoms with Crippen molar-refractivity contribution < 1.29 is 16.5 Å². The molecule has 0 aromatic rings. The molecule has 7 heteroatoms. The molecule has 4 N–H and O–H groups in total. The second-order valence-corrected chi connectivity index (χ2v) is 4.34. The third-order valence-electron chi connectivity index (χ3n) is 2.48. The largest absolute Gasteiger partial charge is 2.00 e. The van der Waals surface area contributed by atoms with Gasteiger partial charge in [0.25, 0.3) is 0 Å². The van der Waals surface area contributed by atoms with Crippen molar-refractivity contribution in [3.05, 3.63) is 0 Å². The quantitative estimate of drug-likeness (QED) is 0.389. The van der Waals surface area contributed by atoms with E-state index in [4.69, 9.17) is 0 Å². The van der Waals surface area contributed by atoms with E-state index in [2.05, 4.69) is 45.2 Å². The molecule has 0 saturated carbocycles. The summed E-state index contributed by atoms with van der Waals surface area (Å²) in [4.78, 5) is 4.47. The molecule has 104 valence electrons. The molecule has 1 saturated heterocycles. The minimum absolute atomic E-state index is 0. The summed E-state index contributed by atoms with van der Waals surface area (Å²) < 4.78 is 0. The summed E-state index contributed by atoms with van der Waals surface area (Å²) in [5.74, 6) is 0. The molecule has 0 aliphatic carbocycles. The molecule has 0 atom stereocenters. The van der Waals surface area contributed by atoms with Gasteiger partial charge in [0.15, 0.2) is 0 Å². The maximum atomic E-state index is 3.39. The SMILES string of the molecule is CN1CNCCNCN(C)CNCCNC1.[Ni+2]. The van der Waals surface area contributed by atoms with Gasteiger partial charge in [0.05, 0.1) is 0 Å². The summed E-state index contributed by atoms with van der Waals surface area (Å²) in [6.07, 6.45) is 0. The van der Waals surface area contributed by atoms with Gasteiger partial charge in [-0.3, -0.25) is 9.80 Å². The van der Waals surface area contributed by atoms with Crippen LogP contribution in [0, 0.1) is 0 Å². The molecule has 0 bridgehead atoms. The predicted octanol–water partition coefficient (Wildman–Crippen LogP) is -1.95. The Morgan fingerprint density at radius 1 is 0.588 bits per heavy atom. The van der Waals surface area contributed by atoms with Gasteiger partial charge in [-0.15, -0.1) is 0 Å². The first kappa shape index (κ1) is 17.3. The molecule has 0 aromatic heterocycles. The second kappa shape index (κ2) is 11.3. The maximum absolute atomic E-state index is 3.39. The van der Waals surface area contributed by atoms with E-state index in [1.54, 1.807) is 0 Å². The van der Waals surface area contributed by atoms with E-state index >= 15 is 0 Å². The van der Waals surface area contributed by atoms with Crippen molar-refractivity contribution in [1.29, 1.82) is 0 Å². The van der Waals surface area contributed by atoms with Crippen molar-refractivity contribution >= 4 is 0 Å². The van der Waals surface area contributed by atoms with Crippen molar-refractivity contribution in [3.8, 4) is 0 Å². The first-order valence-corrected chi connectivity index (χ1v) is 5.99. The molecule has 0 radical (unpaired) electrons. The summed E-state index contributed by atoms with van der Waals surface area (Å²) in [6.45, 7) is 7.74. The Hall–Kier alpha value is 0.254. The van der Waals surface area contributed by atoms with Crippen LogP contribution in [0.25, 0.3) is 0 Å². The Labute approximate surface area is 115 Å². The molecule has 1 aliphatic rings. The zero-order chi connectivity index (χ0) is 11.6. The molecule has 1 rings (SSSR count). The molecular weight excluding hydrogens is 263 g/mol. The van der Waals surface area contributed by atoms with E-state index < -0.39 is 0 Å². The topological polar surface area (TPSA) is 54.6 Å². The minimum Gasteiger partial charge on any atom is -0.303 e. The van der Waals surface area contributed by atoms with E-state index in [9.17, 15) is 0 Å². The van der Waals surface area contributed by atoms with Crippen LogP contribution >= 0.6 is 0 Å². The van der Waals surface area contributed by atoms with E-state index in [1.807, 2.05) is 0 Å². The van der Waals surface area contributed by atoms with Gasteiger partial charge >= 0.3 is 16.5 Å². The van der Waals surface area contributed by atoms with Crippen LogP contribution in [0.4, 0.5) is 0 Å². The van der Waals surface area contributed by atoms with E-state index in [1.165, 1.54) is 0 Å². The average molecular weight is 289 g/mol. The molecule has 0 unspecified atom stereocenters. The maximum Gasteiger partial charge on any atom is 2.00 e. The van der Waals surface area contributed by atoms with Crippen LogP contribution < -0.4 is 21.3 Å². The first-order valence-electron chi connectivity index (χ1n) is 5.99. The Balaban J connectivity index is 0.00000256. The van der Waals surface area contributed by atoms with Gasteiger partial charge in [-0.05, 0) is 14.1 Å². The Morgan fingerprint density at radius 2 is 0.824 bits per heavy atom. The van der Waals surface area contributed by atoms with Crippen LogP contribution in [0.1, 0.15) is 0 Å². The average Bonchev–Trinajstić information content (AvgIpc) is 2.27. The standard InChI is InChI=1S/C10H26N6.Ni/c1-15-7-11-3-5-13-9-16(2)10-14-6-4-12-8-15;/h11-14H,3-10H2,1-2H3;/q;+2. The molecular formula is C10H26N6Ni+2. The zero-order valence-electron chi connectivity index (χ0n) is 10.9. The van der Waals surface area contributed by atoms with Crippen LogP contribution in [0.5, 0.6) is 0 Å². The van der Waals surface area contributed by atoms with E-state index in [0.717, 1.165) is 52.9 Å². The van der Waals surface area contributed by atoms with Gasteiger partial charge in [0.2, 0.25) is 0 Å². The van der Waals surface area contributed by atoms with Crippen molar-refractivity contribution in [2.24, 2.45) is 0 Å². The molecule has 1 heterocycles. The molecule has 6 nitrogen and oxygen atoms in total. The smallest absolute Gasteiger partial charge is 0.303 e. The summed E-state index contributed by atoms with van der Waals surface area (Å²) in [5.41, 5.74) is 0. The number of hydrogen-bond acceptors (Lipinski definition) is 6. The summed E-state index contributed by atoms with van der Waals surface area (Å²) in [5, 5.41) is 13.6. The van der Waals surface area contributed by atoms with Gasteiger partial charge < -0.3 is 21.3 Å². The van der Waals surface area contributed by atoms with Gasteiger partial charge in [-0.25, -0.2) is 0 Å². The number of nitrogens with zero attached hydrogens (tertiary/aromatic N) is 2. The van der Waals surface area contributed by atoms with Crippen LogP contribution in [-0.4, -0.2) is 76.7 Å². The third kappa shape index (κ3) is 9.91. The predicted molar refractivity (Wildman–Crippen MR) is 67.0 cm³/mol. The Kier molecular flexibility index (Phi) is 11.5. The monoisotopic (exact) mass is 288 g/mol. The van der Waals surface area contributed by atoms with E-state index in [0.29, 0.717) is 0 Å². The molecule has 17 heavy (non-hydrogen) atoms. The summed E-state index contributed by atoms with van der Waals surface area (Å²) in [6, 6.07) is 0. The number of rotatable bonds is 0. The molecule has 1 aliphatic heterocycles. The summed E-state index contributed by atoms with van der Waals surface area (Å²) in [7, 11) is 4.22. The second-order valence-electron chi connectivity index (χ2n) is 4.34. The number of nitrogens with one attached hydrogen (secondary N) is 4. The molecule has 0 amide bonds. The van der Waals surface area contributed by atoms with Crippen molar-refractivity contribution in [3.63, 3.8) is 0 Å². The fourth-order valence-electron chi connectivity index (χ4n) is 1.55. The van der Waals surface area contributed by atoms with Gasteiger partial charge in [0.1, 0.15) is 0 Å². The first-order chi connectivity index (χ1) is 7.79. The fourth-order valence-corrected chi connectivity index (χ4v) is 1.55. The fraction of sp³-hybridized carbons (Fsp3) is 1.00. The molecule has 0 spiro atoms. The van der Waals surface area contributed by atoms with Crippen molar-refractivity contribution in [2.45, 2.75) is 0 Å². The molecule has 0 aromatic carbocycles. The number of hydrogen-bond donors (Lipinski definition) is 4. The van der Waals surface area contributed by atoms with Crippen LogP contribution in [0.15, 0.2) is 0 Å².